The van der Waals surface area contributed by atoms with Crippen LogP contribution in [0.3, 0.4) is 0 Å². The summed E-state index contributed by atoms with van der Waals surface area (Å²) < 4.78 is 0. The molecule has 1 nitrogen and oxygen atoms in total. The van der Waals surface area contributed by atoms with Crippen molar-refractivity contribution in [1.82, 2.24) is 4.98 Å². The van der Waals surface area contributed by atoms with E-state index in [1.807, 2.05) is 18.2 Å². The van der Waals surface area contributed by atoms with Gasteiger partial charge in [-0.05, 0) is 17.9 Å². The van der Waals surface area contributed by atoms with E-state index < -0.39 is 0 Å². The molecule has 97 valence electrons. The summed E-state index contributed by atoms with van der Waals surface area (Å²) in [5.74, 6) is 0. The number of hydrogen-bond acceptors (Lipinski definition) is 1. The fraction of sp³-hybridized carbons (Fsp3) is 0.118. The molecular weight excluding hydrogens is 410 g/mol. The quantitative estimate of drug-likeness (QED) is 0.560. The third kappa shape index (κ3) is 2.75. The van der Waals surface area contributed by atoms with Crippen molar-refractivity contribution in [3.63, 3.8) is 0 Å². The molecule has 0 aliphatic heterocycles. The minimum atomic E-state index is 0. The van der Waals surface area contributed by atoms with E-state index in [0.29, 0.717) is 0 Å². The van der Waals surface area contributed by atoms with E-state index in [1.165, 1.54) is 5.39 Å². The molecule has 2 heteroatoms. The Labute approximate surface area is 127 Å². The topological polar surface area (TPSA) is 12.9 Å². The van der Waals surface area contributed by atoms with E-state index in [9.17, 15) is 0 Å². The van der Waals surface area contributed by atoms with Crippen LogP contribution in [0.2, 0.25) is 0 Å². The number of fused-ring (bicyclic) bond motifs is 1. The van der Waals surface area contributed by atoms with Crippen molar-refractivity contribution in [2.45, 2.75) is 13.3 Å². The van der Waals surface area contributed by atoms with Gasteiger partial charge in [0, 0.05) is 31.3 Å². The molecule has 0 aliphatic carbocycles. The number of aryl methyl sites for hydroxylation is 1. The second-order valence-electron chi connectivity index (χ2n) is 4.31. The number of para-hydroxylation sites is 1. The molecule has 19 heavy (non-hydrogen) atoms. The first-order chi connectivity index (χ1) is 8.88. The van der Waals surface area contributed by atoms with Crippen LogP contribution in [0, 0.1) is 6.07 Å². The van der Waals surface area contributed by atoms with Crippen molar-refractivity contribution in [3.8, 4) is 11.1 Å². The van der Waals surface area contributed by atoms with Crippen LogP contribution in [0.4, 0.5) is 0 Å². The van der Waals surface area contributed by atoms with Crippen molar-refractivity contribution in [2.24, 2.45) is 0 Å². The van der Waals surface area contributed by atoms with E-state index in [4.69, 9.17) is 4.98 Å². The van der Waals surface area contributed by atoms with E-state index in [-0.39, 0.29) is 20.1 Å². The second kappa shape index (κ2) is 6.10. The Morgan fingerprint density at radius 2 is 1.89 bits per heavy atom. The first kappa shape index (κ1) is 13.9. The minimum absolute atomic E-state index is 0. The SMILES string of the molecule is CCc1ccc2cccc(-c3[c-]cccc3)c2n1.[Ir]. The van der Waals surface area contributed by atoms with Gasteiger partial charge in [-0.15, -0.1) is 35.9 Å². The maximum absolute atomic E-state index is 4.75. The molecule has 1 heterocycles. The molecule has 1 radical (unpaired) electrons. The Balaban J connectivity index is 0.00000133. The van der Waals surface area contributed by atoms with Crippen LogP contribution in [0.15, 0.2) is 54.6 Å². The Morgan fingerprint density at radius 1 is 1.00 bits per heavy atom. The number of rotatable bonds is 2. The standard InChI is InChI=1S/C17H14N.Ir/c1-2-15-12-11-14-9-6-10-16(17(14)18-15)13-7-4-3-5-8-13;/h3-7,9-12H,2H2,1H3;/q-1;. The Kier molecular flexibility index (Phi) is 4.47. The zero-order chi connectivity index (χ0) is 12.4. The monoisotopic (exact) mass is 425 g/mol. The molecule has 0 atom stereocenters. The summed E-state index contributed by atoms with van der Waals surface area (Å²) in [5, 5.41) is 1.18. The van der Waals surface area contributed by atoms with Gasteiger partial charge >= 0.3 is 0 Å². The van der Waals surface area contributed by atoms with Gasteiger partial charge in [0.15, 0.2) is 0 Å². The van der Waals surface area contributed by atoms with Gasteiger partial charge in [0.25, 0.3) is 0 Å². The van der Waals surface area contributed by atoms with Crippen molar-refractivity contribution < 1.29 is 20.1 Å². The summed E-state index contributed by atoms with van der Waals surface area (Å²) >= 11 is 0. The van der Waals surface area contributed by atoms with Crippen LogP contribution in [0.5, 0.6) is 0 Å². The number of nitrogens with zero attached hydrogens (tertiary/aromatic N) is 1. The summed E-state index contributed by atoms with van der Waals surface area (Å²) in [6.45, 7) is 2.13. The van der Waals surface area contributed by atoms with Gasteiger partial charge in [-0.25, -0.2) is 0 Å². The molecule has 1 aromatic heterocycles. The molecule has 3 aromatic rings. The Hall–Kier alpha value is -1.50. The van der Waals surface area contributed by atoms with E-state index in [0.717, 1.165) is 28.8 Å². The molecule has 0 amide bonds. The summed E-state index contributed by atoms with van der Waals surface area (Å²) in [5.41, 5.74) is 4.46. The van der Waals surface area contributed by atoms with E-state index >= 15 is 0 Å². The van der Waals surface area contributed by atoms with Crippen LogP contribution in [-0.2, 0) is 26.5 Å². The van der Waals surface area contributed by atoms with Crippen LogP contribution in [0.25, 0.3) is 22.0 Å². The Morgan fingerprint density at radius 3 is 2.63 bits per heavy atom. The fourth-order valence-electron chi connectivity index (χ4n) is 2.16. The molecule has 0 bridgehead atoms. The molecule has 0 spiro atoms. The van der Waals surface area contributed by atoms with Gasteiger partial charge in [-0.3, -0.25) is 4.98 Å². The van der Waals surface area contributed by atoms with Crippen molar-refractivity contribution in [2.75, 3.05) is 0 Å². The van der Waals surface area contributed by atoms with Crippen molar-refractivity contribution >= 4 is 10.9 Å². The van der Waals surface area contributed by atoms with E-state index in [2.05, 4.69) is 49.4 Å². The normalized spacial score (nSPS) is 10.2. The molecule has 0 aliphatic rings. The smallest absolute Gasteiger partial charge is 0.0399 e. The first-order valence-electron chi connectivity index (χ1n) is 6.24. The van der Waals surface area contributed by atoms with Crippen LogP contribution >= 0.6 is 0 Å². The molecule has 0 saturated heterocycles. The van der Waals surface area contributed by atoms with Gasteiger partial charge in [-0.1, -0.05) is 36.8 Å². The molecule has 0 N–H and O–H groups in total. The van der Waals surface area contributed by atoms with Gasteiger partial charge in [0.2, 0.25) is 0 Å². The first-order valence-corrected chi connectivity index (χ1v) is 6.24. The van der Waals surface area contributed by atoms with Gasteiger partial charge in [-0.2, -0.15) is 0 Å². The zero-order valence-electron chi connectivity index (χ0n) is 10.7. The molecule has 0 fully saturated rings. The predicted molar refractivity (Wildman–Crippen MR) is 75.4 cm³/mol. The number of benzene rings is 2. The molecule has 2 aromatic carbocycles. The number of hydrogen-bond donors (Lipinski definition) is 0. The van der Waals surface area contributed by atoms with Crippen LogP contribution in [-0.4, -0.2) is 4.98 Å². The zero-order valence-corrected chi connectivity index (χ0v) is 13.1. The summed E-state index contributed by atoms with van der Waals surface area (Å²) in [6.07, 6.45) is 0.961. The maximum atomic E-state index is 4.75. The molecular formula is C17H14IrN-. The third-order valence-electron chi connectivity index (χ3n) is 3.14. The number of pyridine rings is 1. The summed E-state index contributed by atoms with van der Waals surface area (Å²) in [7, 11) is 0. The number of aromatic nitrogens is 1. The van der Waals surface area contributed by atoms with Crippen molar-refractivity contribution in [1.29, 1.82) is 0 Å². The largest absolute Gasteiger partial charge is 0.262 e. The predicted octanol–water partition coefficient (Wildman–Crippen LogP) is 4.26. The van der Waals surface area contributed by atoms with Crippen molar-refractivity contribution in [3.05, 3.63) is 66.4 Å². The summed E-state index contributed by atoms with van der Waals surface area (Å²) in [6, 6.07) is 21.9. The Bertz CT molecular complexity index is 677. The average Bonchev–Trinajstić information content (AvgIpc) is 2.47. The second-order valence-corrected chi connectivity index (χ2v) is 4.31. The van der Waals surface area contributed by atoms with Gasteiger partial charge in [0.1, 0.15) is 0 Å². The van der Waals surface area contributed by atoms with Crippen LogP contribution < -0.4 is 0 Å². The fourth-order valence-corrected chi connectivity index (χ4v) is 2.16. The molecule has 3 rings (SSSR count). The molecule has 0 saturated carbocycles. The van der Waals surface area contributed by atoms with Gasteiger partial charge < -0.3 is 0 Å². The maximum Gasteiger partial charge on any atom is 0.0399 e. The average molecular weight is 425 g/mol. The van der Waals surface area contributed by atoms with E-state index in [1.54, 1.807) is 0 Å². The van der Waals surface area contributed by atoms with Crippen LogP contribution in [0.1, 0.15) is 12.6 Å². The minimum Gasteiger partial charge on any atom is -0.262 e. The summed E-state index contributed by atoms with van der Waals surface area (Å²) in [4.78, 5) is 4.75. The molecule has 0 unspecified atom stereocenters. The third-order valence-corrected chi connectivity index (χ3v) is 3.14. The van der Waals surface area contributed by atoms with Gasteiger partial charge in [0.05, 0.1) is 0 Å².